The third-order valence-corrected chi connectivity index (χ3v) is 5.23. The van der Waals surface area contributed by atoms with E-state index >= 15 is 0 Å². The second kappa shape index (κ2) is 10.6. The molecule has 7 nitrogen and oxygen atoms in total. The number of para-hydroxylation sites is 2. The van der Waals surface area contributed by atoms with E-state index in [4.69, 9.17) is 9.47 Å². The summed E-state index contributed by atoms with van der Waals surface area (Å²) in [6.45, 7) is 6.06. The largest absolute Gasteiger partial charge is 0.495 e. The summed E-state index contributed by atoms with van der Waals surface area (Å²) in [5, 5.41) is 11.8. The summed E-state index contributed by atoms with van der Waals surface area (Å²) in [6.07, 6.45) is 1.28. The van der Waals surface area contributed by atoms with Gasteiger partial charge in [0, 0.05) is 6.54 Å². The average molecular weight is 443 g/mol. The van der Waals surface area contributed by atoms with Gasteiger partial charge in [0.1, 0.15) is 17.3 Å². The van der Waals surface area contributed by atoms with Crippen LogP contribution in [0.2, 0.25) is 0 Å². The van der Waals surface area contributed by atoms with E-state index in [0.717, 1.165) is 0 Å². The lowest BCUT2D eigenvalue weighted by Gasteiger charge is -2.15. The molecule has 1 unspecified atom stereocenters. The molecule has 0 spiro atoms. The number of allylic oxidation sites excluding steroid dienone is 1. The fourth-order valence-electron chi connectivity index (χ4n) is 2.84. The summed E-state index contributed by atoms with van der Waals surface area (Å²) >= 11 is 1.26. The molecule has 1 atom stereocenters. The SMILES string of the molecule is C=CCn1c(SCC(=O)Nc2ccccc2OC)nnc1C(C)Oc1ccc(F)cc1. The number of thioether (sulfide) groups is 1. The van der Waals surface area contributed by atoms with E-state index in [-0.39, 0.29) is 17.5 Å². The number of ether oxygens (including phenoxy) is 2. The molecule has 9 heteroatoms. The molecule has 2 aromatic carbocycles. The van der Waals surface area contributed by atoms with Crippen molar-refractivity contribution in [3.63, 3.8) is 0 Å². The minimum atomic E-state index is -0.435. The van der Waals surface area contributed by atoms with Crippen molar-refractivity contribution in [2.24, 2.45) is 0 Å². The molecule has 1 amide bonds. The Morgan fingerprint density at radius 2 is 2.00 bits per heavy atom. The van der Waals surface area contributed by atoms with Gasteiger partial charge in [-0.25, -0.2) is 4.39 Å². The molecule has 31 heavy (non-hydrogen) atoms. The molecule has 0 radical (unpaired) electrons. The first-order valence-electron chi connectivity index (χ1n) is 9.53. The highest BCUT2D eigenvalue weighted by molar-refractivity contribution is 7.99. The normalized spacial score (nSPS) is 11.6. The van der Waals surface area contributed by atoms with Crippen LogP contribution in [-0.4, -0.2) is 33.5 Å². The van der Waals surface area contributed by atoms with Gasteiger partial charge >= 0.3 is 0 Å². The first-order chi connectivity index (χ1) is 15.0. The van der Waals surface area contributed by atoms with Gasteiger partial charge in [0.25, 0.3) is 0 Å². The molecule has 0 saturated carbocycles. The molecule has 1 N–H and O–H groups in total. The summed E-state index contributed by atoms with van der Waals surface area (Å²) in [7, 11) is 1.55. The second-order valence-corrected chi connectivity index (χ2v) is 7.43. The summed E-state index contributed by atoms with van der Waals surface area (Å²) in [5.41, 5.74) is 0.602. The van der Waals surface area contributed by atoms with Crippen LogP contribution in [0.1, 0.15) is 18.9 Å². The molecule has 1 aromatic heterocycles. The van der Waals surface area contributed by atoms with Gasteiger partial charge in [-0.1, -0.05) is 30.0 Å². The maximum atomic E-state index is 13.1. The van der Waals surface area contributed by atoms with Crippen LogP contribution in [0.5, 0.6) is 11.5 Å². The molecule has 0 aliphatic rings. The number of methoxy groups -OCH3 is 1. The minimum absolute atomic E-state index is 0.139. The van der Waals surface area contributed by atoms with Gasteiger partial charge in [-0.2, -0.15) is 0 Å². The van der Waals surface area contributed by atoms with E-state index in [2.05, 4.69) is 22.1 Å². The van der Waals surface area contributed by atoms with Crippen molar-refractivity contribution in [3.05, 3.63) is 72.8 Å². The number of nitrogens with zero attached hydrogens (tertiary/aromatic N) is 3. The Balaban J connectivity index is 1.67. The smallest absolute Gasteiger partial charge is 0.234 e. The number of benzene rings is 2. The Morgan fingerprint density at radius 1 is 1.26 bits per heavy atom. The molecular formula is C22H23FN4O3S. The summed E-state index contributed by atoms with van der Waals surface area (Å²) < 4.78 is 26.1. The monoisotopic (exact) mass is 442 g/mol. The van der Waals surface area contributed by atoms with Crippen molar-refractivity contribution in [2.75, 3.05) is 18.2 Å². The van der Waals surface area contributed by atoms with Crippen LogP contribution in [0, 0.1) is 5.82 Å². The number of anilines is 1. The van der Waals surface area contributed by atoms with Crippen molar-refractivity contribution in [3.8, 4) is 11.5 Å². The maximum Gasteiger partial charge on any atom is 0.234 e. The van der Waals surface area contributed by atoms with E-state index in [1.165, 1.54) is 23.9 Å². The Bertz CT molecular complexity index is 1040. The molecule has 0 saturated heterocycles. The zero-order valence-electron chi connectivity index (χ0n) is 17.2. The highest BCUT2D eigenvalue weighted by atomic mass is 32.2. The molecule has 1 heterocycles. The van der Waals surface area contributed by atoms with E-state index in [1.807, 2.05) is 23.6 Å². The van der Waals surface area contributed by atoms with Crippen LogP contribution < -0.4 is 14.8 Å². The number of hydrogen-bond donors (Lipinski definition) is 1. The van der Waals surface area contributed by atoms with E-state index in [9.17, 15) is 9.18 Å². The quantitative estimate of drug-likeness (QED) is 0.368. The number of rotatable bonds is 10. The molecule has 162 valence electrons. The van der Waals surface area contributed by atoms with Gasteiger partial charge in [-0.05, 0) is 43.3 Å². The Labute approximate surface area is 184 Å². The van der Waals surface area contributed by atoms with Crippen LogP contribution in [0.3, 0.4) is 0 Å². The van der Waals surface area contributed by atoms with Crippen LogP contribution in [0.25, 0.3) is 0 Å². The number of carbonyl (C=O) groups excluding carboxylic acids is 1. The van der Waals surface area contributed by atoms with Crippen LogP contribution >= 0.6 is 11.8 Å². The van der Waals surface area contributed by atoms with Crippen molar-refractivity contribution in [1.29, 1.82) is 0 Å². The molecule has 0 aliphatic carbocycles. The fourth-order valence-corrected chi connectivity index (χ4v) is 3.60. The maximum absolute atomic E-state index is 13.1. The average Bonchev–Trinajstić information content (AvgIpc) is 3.17. The van der Waals surface area contributed by atoms with Gasteiger partial charge in [0.15, 0.2) is 17.1 Å². The fraction of sp³-hybridized carbons (Fsp3) is 0.227. The van der Waals surface area contributed by atoms with Crippen LogP contribution in [0.15, 0.2) is 66.3 Å². The van der Waals surface area contributed by atoms with E-state index in [0.29, 0.717) is 34.7 Å². The zero-order chi connectivity index (χ0) is 22.2. The third-order valence-electron chi connectivity index (χ3n) is 4.26. The highest BCUT2D eigenvalue weighted by Crippen LogP contribution is 2.26. The lowest BCUT2D eigenvalue weighted by atomic mass is 10.3. The third kappa shape index (κ3) is 5.85. The van der Waals surface area contributed by atoms with Gasteiger partial charge in [-0.3, -0.25) is 9.36 Å². The molecule has 0 aliphatic heterocycles. The Morgan fingerprint density at radius 3 is 2.71 bits per heavy atom. The second-order valence-electron chi connectivity index (χ2n) is 6.49. The molecule has 3 rings (SSSR count). The number of amides is 1. The number of aromatic nitrogens is 3. The van der Waals surface area contributed by atoms with Crippen molar-refractivity contribution in [2.45, 2.75) is 24.7 Å². The number of carbonyl (C=O) groups is 1. The predicted molar refractivity (Wildman–Crippen MR) is 118 cm³/mol. The van der Waals surface area contributed by atoms with E-state index < -0.39 is 6.10 Å². The van der Waals surface area contributed by atoms with Crippen LogP contribution in [0.4, 0.5) is 10.1 Å². The van der Waals surface area contributed by atoms with Crippen molar-refractivity contribution < 1.29 is 18.7 Å². The molecular weight excluding hydrogens is 419 g/mol. The predicted octanol–water partition coefficient (Wildman–Crippen LogP) is 4.48. The summed E-state index contributed by atoms with van der Waals surface area (Å²) in [4.78, 5) is 12.4. The summed E-state index contributed by atoms with van der Waals surface area (Å²) in [6, 6.07) is 13.0. The van der Waals surface area contributed by atoms with Gasteiger partial charge in [0.05, 0.1) is 18.6 Å². The molecule has 0 bridgehead atoms. The molecule has 0 fully saturated rings. The van der Waals surface area contributed by atoms with E-state index in [1.54, 1.807) is 37.5 Å². The number of nitrogens with one attached hydrogen (secondary N) is 1. The lowest BCUT2D eigenvalue weighted by molar-refractivity contribution is -0.113. The zero-order valence-corrected chi connectivity index (χ0v) is 18.1. The Kier molecular flexibility index (Phi) is 7.66. The van der Waals surface area contributed by atoms with Gasteiger partial charge < -0.3 is 14.8 Å². The summed E-state index contributed by atoms with van der Waals surface area (Å²) in [5.74, 6) is 1.30. The van der Waals surface area contributed by atoms with Gasteiger partial charge in [-0.15, -0.1) is 16.8 Å². The van der Waals surface area contributed by atoms with Gasteiger partial charge in [0.2, 0.25) is 5.91 Å². The topological polar surface area (TPSA) is 78.3 Å². The van der Waals surface area contributed by atoms with Crippen LogP contribution in [-0.2, 0) is 11.3 Å². The lowest BCUT2D eigenvalue weighted by Crippen LogP contribution is -2.16. The van der Waals surface area contributed by atoms with Crippen molar-refractivity contribution >= 4 is 23.4 Å². The standard InChI is InChI=1S/C22H23FN4O3S/c1-4-13-27-21(15(2)30-17-11-9-16(23)10-12-17)25-26-22(27)31-14-20(28)24-18-7-5-6-8-19(18)29-3/h4-12,15H,1,13-14H2,2-3H3,(H,24,28). The number of halogens is 1. The number of hydrogen-bond acceptors (Lipinski definition) is 6. The first kappa shape index (κ1) is 22.4. The Hall–Kier alpha value is -3.33. The highest BCUT2D eigenvalue weighted by Gasteiger charge is 2.20. The first-order valence-corrected chi connectivity index (χ1v) is 10.5. The minimum Gasteiger partial charge on any atom is -0.495 e. The van der Waals surface area contributed by atoms with Crippen molar-refractivity contribution in [1.82, 2.24) is 14.8 Å². The molecule has 3 aromatic rings.